The number of aromatic nitrogens is 11. The molecule has 49 heavy (non-hydrogen) atoms. The van der Waals surface area contributed by atoms with Crippen molar-refractivity contribution in [2.45, 2.75) is 32.9 Å². The normalized spacial score (nSPS) is 11.1. The van der Waals surface area contributed by atoms with Gasteiger partial charge in [-0.2, -0.15) is 9.65 Å². The number of hydrogen-bond acceptors (Lipinski definition) is 8. The Labute approximate surface area is 288 Å². The van der Waals surface area contributed by atoms with E-state index < -0.39 is 5.95 Å². The van der Waals surface area contributed by atoms with E-state index in [1.54, 1.807) is 43.0 Å². The number of halogens is 2. The third-order valence-corrected chi connectivity index (χ3v) is 8.59. The molecule has 8 aromatic rings. The predicted molar refractivity (Wildman–Crippen MR) is 184 cm³/mol. The summed E-state index contributed by atoms with van der Waals surface area (Å²) in [6, 6.07) is 18.1. The molecule has 14 heteroatoms. The standard InChI is InChI=1S/C20H18N6.C15H10BrFN6/c1-2-5-18-17(24-20-23-8-4-10-26(18)20)14-25-11-9-22-19(25)16-7-3-6-15(12-16)13-21;16-13-11(21-15-19-5-2-7-23(13)15)9-22-8-6-18-14(22)10-3-1-4-12(17)20-10/h3-4,6-12H,2,5,14H2,1H3;1-8H,9H2. The lowest BCUT2D eigenvalue weighted by Gasteiger charge is -2.08. The first-order valence-electron chi connectivity index (χ1n) is 15.5. The molecule has 0 bridgehead atoms. The van der Waals surface area contributed by atoms with Gasteiger partial charge in [0.1, 0.15) is 16.1 Å². The van der Waals surface area contributed by atoms with E-state index in [1.165, 1.54) is 11.8 Å². The van der Waals surface area contributed by atoms with E-state index in [0.29, 0.717) is 35.9 Å². The number of fused-ring (bicyclic) bond motifs is 2. The molecule has 242 valence electrons. The average molecular weight is 716 g/mol. The molecule has 0 N–H and O–H groups in total. The number of pyridine rings is 1. The summed E-state index contributed by atoms with van der Waals surface area (Å²) in [6.45, 7) is 3.25. The second-order valence-electron chi connectivity index (χ2n) is 11.0. The Kier molecular flexibility index (Phi) is 8.98. The number of rotatable bonds is 8. The van der Waals surface area contributed by atoms with Crippen LogP contribution in [0.25, 0.3) is 34.5 Å². The Morgan fingerprint density at radius 1 is 0.735 bits per heavy atom. The first kappa shape index (κ1) is 31.5. The zero-order valence-electron chi connectivity index (χ0n) is 26.3. The van der Waals surface area contributed by atoms with Gasteiger partial charge in [0.25, 0.3) is 0 Å². The molecule has 0 amide bonds. The lowest BCUT2D eigenvalue weighted by Crippen LogP contribution is -2.05. The number of imidazole rings is 4. The van der Waals surface area contributed by atoms with Gasteiger partial charge in [0.2, 0.25) is 17.5 Å². The van der Waals surface area contributed by atoms with Crippen LogP contribution in [0.15, 0.2) is 109 Å². The summed E-state index contributed by atoms with van der Waals surface area (Å²) in [4.78, 5) is 30.5. The van der Waals surface area contributed by atoms with Crippen molar-refractivity contribution in [3.63, 3.8) is 0 Å². The second kappa shape index (κ2) is 14.0. The van der Waals surface area contributed by atoms with Gasteiger partial charge in [-0.1, -0.05) is 31.5 Å². The molecule has 12 nitrogen and oxygen atoms in total. The minimum Gasteiger partial charge on any atom is -0.325 e. The monoisotopic (exact) mass is 714 g/mol. The summed E-state index contributed by atoms with van der Waals surface area (Å²) in [5.74, 6) is 2.21. The Bertz CT molecular complexity index is 2430. The molecular weight excluding hydrogens is 687 g/mol. The zero-order chi connectivity index (χ0) is 33.7. The fourth-order valence-corrected chi connectivity index (χ4v) is 6.06. The average Bonchev–Trinajstić information content (AvgIpc) is 3.93. The molecule has 1 aromatic carbocycles. The fourth-order valence-electron chi connectivity index (χ4n) is 5.57. The highest BCUT2D eigenvalue weighted by molar-refractivity contribution is 9.10. The van der Waals surface area contributed by atoms with Crippen molar-refractivity contribution in [2.24, 2.45) is 0 Å². The Morgan fingerprint density at radius 2 is 1.41 bits per heavy atom. The highest BCUT2D eigenvalue weighted by Crippen LogP contribution is 2.23. The lowest BCUT2D eigenvalue weighted by atomic mass is 10.1. The molecular formula is C35H28BrFN12. The minimum absolute atomic E-state index is 0.470. The molecule has 0 spiro atoms. The smallest absolute Gasteiger partial charge is 0.234 e. The maximum atomic E-state index is 13.3. The molecule has 8 rings (SSSR count). The first-order chi connectivity index (χ1) is 24.0. The van der Waals surface area contributed by atoms with Crippen LogP contribution in [0, 0.1) is 17.3 Å². The highest BCUT2D eigenvalue weighted by Gasteiger charge is 2.16. The quantitative estimate of drug-likeness (QED) is 0.165. The van der Waals surface area contributed by atoms with Gasteiger partial charge in [0, 0.05) is 60.8 Å². The molecule has 0 aliphatic rings. The van der Waals surface area contributed by atoms with E-state index in [1.807, 2.05) is 64.1 Å². The lowest BCUT2D eigenvalue weighted by molar-refractivity contribution is 0.584. The summed E-state index contributed by atoms with van der Waals surface area (Å²) in [7, 11) is 0. The van der Waals surface area contributed by atoms with Crippen molar-refractivity contribution in [3.8, 4) is 29.0 Å². The maximum absolute atomic E-state index is 13.3. The van der Waals surface area contributed by atoms with E-state index in [0.717, 1.165) is 46.0 Å². The molecule has 0 radical (unpaired) electrons. The van der Waals surface area contributed by atoms with Gasteiger partial charge < -0.3 is 9.13 Å². The van der Waals surface area contributed by atoms with E-state index >= 15 is 0 Å². The summed E-state index contributed by atoms with van der Waals surface area (Å²) in [5, 5.41) is 9.14. The second-order valence-corrected chi connectivity index (χ2v) is 11.7. The summed E-state index contributed by atoms with van der Waals surface area (Å²) in [6.07, 6.45) is 16.5. The van der Waals surface area contributed by atoms with Crippen LogP contribution in [0.5, 0.6) is 0 Å². The van der Waals surface area contributed by atoms with Crippen molar-refractivity contribution >= 4 is 27.5 Å². The molecule has 0 saturated carbocycles. The van der Waals surface area contributed by atoms with Crippen LogP contribution in [-0.2, 0) is 19.5 Å². The van der Waals surface area contributed by atoms with Crippen molar-refractivity contribution < 1.29 is 4.39 Å². The predicted octanol–water partition coefficient (Wildman–Crippen LogP) is 6.40. The number of aryl methyl sites for hydroxylation is 1. The Morgan fingerprint density at radius 3 is 2.14 bits per heavy atom. The van der Waals surface area contributed by atoms with Crippen LogP contribution in [0.3, 0.4) is 0 Å². The van der Waals surface area contributed by atoms with E-state index in [4.69, 9.17) is 10.2 Å². The van der Waals surface area contributed by atoms with E-state index in [-0.39, 0.29) is 0 Å². The third kappa shape index (κ3) is 6.56. The highest BCUT2D eigenvalue weighted by atomic mass is 79.9. The van der Waals surface area contributed by atoms with E-state index in [2.05, 4.69) is 67.8 Å². The molecule has 0 unspecified atom stereocenters. The van der Waals surface area contributed by atoms with Crippen molar-refractivity contribution in [1.29, 1.82) is 5.26 Å². The van der Waals surface area contributed by atoms with E-state index in [9.17, 15) is 4.39 Å². The fraction of sp³-hybridized carbons (Fsp3) is 0.143. The summed E-state index contributed by atoms with van der Waals surface area (Å²) in [5.41, 5.74) is 5.02. The number of benzene rings is 1. The zero-order valence-corrected chi connectivity index (χ0v) is 27.9. The molecule has 0 atom stereocenters. The molecule has 0 aliphatic heterocycles. The Balaban J connectivity index is 0.000000155. The van der Waals surface area contributed by atoms with Crippen LogP contribution in [0.4, 0.5) is 4.39 Å². The number of nitriles is 1. The Hall–Kier alpha value is -6.07. The third-order valence-electron chi connectivity index (χ3n) is 7.75. The van der Waals surface area contributed by atoms with Gasteiger partial charge in [-0.25, -0.2) is 34.9 Å². The van der Waals surface area contributed by atoms with Gasteiger partial charge in [0.15, 0.2) is 5.82 Å². The minimum atomic E-state index is -0.532. The maximum Gasteiger partial charge on any atom is 0.234 e. The number of hydrogen-bond donors (Lipinski definition) is 0. The largest absolute Gasteiger partial charge is 0.325 e. The number of nitrogens with zero attached hydrogens (tertiary/aromatic N) is 12. The van der Waals surface area contributed by atoms with Gasteiger partial charge >= 0.3 is 0 Å². The van der Waals surface area contributed by atoms with Gasteiger partial charge in [-0.3, -0.25) is 8.80 Å². The molecule has 7 aromatic heterocycles. The van der Waals surface area contributed by atoms with Crippen LogP contribution in [0.2, 0.25) is 0 Å². The molecule has 0 saturated heterocycles. The van der Waals surface area contributed by atoms with Crippen LogP contribution in [0.1, 0.15) is 36.0 Å². The van der Waals surface area contributed by atoms with Crippen molar-refractivity contribution in [1.82, 2.24) is 52.8 Å². The van der Waals surface area contributed by atoms with Gasteiger partial charge in [-0.05, 0) is 58.7 Å². The first-order valence-corrected chi connectivity index (χ1v) is 16.3. The van der Waals surface area contributed by atoms with Gasteiger partial charge in [-0.15, -0.1) is 0 Å². The summed E-state index contributed by atoms with van der Waals surface area (Å²) >= 11 is 3.54. The molecule has 7 heterocycles. The molecule has 0 aliphatic carbocycles. The van der Waals surface area contributed by atoms with Crippen molar-refractivity contribution in [3.05, 3.63) is 137 Å². The summed E-state index contributed by atoms with van der Waals surface area (Å²) < 4.78 is 22.0. The van der Waals surface area contributed by atoms with Crippen LogP contribution < -0.4 is 0 Å². The topological polar surface area (TPSA) is 133 Å². The van der Waals surface area contributed by atoms with Crippen LogP contribution >= 0.6 is 15.9 Å². The van der Waals surface area contributed by atoms with Crippen LogP contribution in [-0.4, -0.2) is 52.8 Å². The molecule has 0 fully saturated rings. The van der Waals surface area contributed by atoms with Gasteiger partial charge in [0.05, 0.1) is 36.1 Å². The van der Waals surface area contributed by atoms with Crippen molar-refractivity contribution in [2.75, 3.05) is 0 Å². The SMILES string of the molecule is CCCc1c(Cn2ccnc2-c2cccc(C#N)c2)nc2ncccn12.Fc1cccc(-c2nccn2Cc2nc3ncccn3c2Br)n1.